The van der Waals surface area contributed by atoms with Crippen LogP contribution >= 0.6 is 0 Å². The van der Waals surface area contributed by atoms with E-state index in [1.807, 2.05) is 24.3 Å². The van der Waals surface area contributed by atoms with Gasteiger partial charge < -0.3 is 25.2 Å². The molecule has 0 aliphatic carbocycles. The first kappa shape index (κ1) is 28.3. The molecule has 3 aliphatic rings. The second-order valence-electron chi connectivity index (χ2n) is 11.2. The molecule has 0 saturated carbocycles. The Morgan fingerprint density at radius 3 is 2.60 bits per heavy atom. The Morgan fingerprint density at radius 2 is 1.86 bits per heavy atom. The lowest BCUT2D eigenvalue weighted by molar-refractivity contribution is -0.138. The summed E-state index contributed by atoms with van der Waals surface area (Å²) in [7, 11) is 1.57. The Morgan fingerprint density at radius 1 is 1.07 bits per heavy atom. The van der Waals surface area contributed by atoms with Gasteiger partial charge in [-0.05, 0) is 80.9 Å². The number of halogens is 3. The van der Waals surface area contributed by atoms with Crippen LogP contribution in [0.25, 0.3) is 0 Å². The van der Waals surface area contributed by atoms with Crippen LogP contribution < -0.4 is 20.3 Å². The maximum absolute atomic E-state index is 13.9. The van der Waals surface area contributed by atoms with Crippen molar-refractivity contribution in [2.75, 3.05) is 48.8 Å². The monoisotopic (exact) mass is 580 g/mol. The van der Waals surface area contributed by atoms with Crippen LogP contribution in [0.1, 0.15) is 48.1 Å². The van der Waals surface area contributed by atoms with E-state index in [1.165, 1.54) is 25.9 Å². The number of hydrogen-bond donors (Lipinski definition) is 2. The van der Waals surface area contributed by atoms with Crippen LogP contribution in [0, 0.1) is 0 Å². The fourth-order valence-electron chi connectivity index (χ4n) is 6.40. The molecule has 11 heteroatoms. The quantitative estimate of drug-likeness (QED) is 0.359. The number of aromatic nitrogens is 2. The topological polar surface area (TPSA) is 82.6 Å². The third-order valence-electron chi connectivity index (χ3n) is 8.61. The van der Waals surface area contributed by atoms with Crippen LogP contribution in [0.3, 0.4) is 0 Å². The van der Waals surface area contributed by atoms with Crippen LogP contribution in [-0.2, 0) is 30.2 Å². The summed E-state index contributed by atoms with van der Waals surface area (Å²) in [5.41, 5.74) is 3.02. The molecular weight excluding hydrogens is 545 g/mol. The summed E-state index contributed by atoms with van der Waals surface area (Å²) in [4.78, 5) is 25.1. The van der Waals surface area contributed by atoms with Gasteiger partial charge in [-0.2, -0.15) is 13.2 Å². The highest BCUT2D eigenvalue weighted by Crippen LogP contribution is 2.36. The number of anilines is 4. The number of methoxy groups -OCH3 is 1. The van der Waals surface area contributed by atoms with Crippen molar-refractivity contribution in [1.29, 1.82) is 0 Å². The van der Waals surface area contributed by atoms with Gasteiger partial charge in [-0.25, -0.2) is 9.97 Å². The average molecular weight is 581 g/mol. The highest BCUT2D eigenvalue weighted by molar-refractivity contribution is 5.99. The largest absolute Gasteiger partial charge is 0.494 e. The molecule has 42 heavy (non-hydrogen) atoms. The van der Waals surface area contributed by atoms with E-state index in [4.69, 9.17) is 4.74 Å². The van der Waals surface area contributed by atoms with Gasteiger partial charge in [0.05, 0.1) is 30.5 Å². The van der Waals surface area contributed by atoms with Crippen molar-refractivity contribution in [3.8, 4) is 5.75 Å². The molecule has 1 aromatic heterocycles. The van der Waals surface area contributed by atoms with Gasteiger partial charge >= 0.3 is 6.18 Å². The fraction of sp³-hybridized carbons (Fsp3) is 0.452. The predicted molar refractivity (Wildman–Crippen MR) is 156 cm³/mol. The number of nitrogens with zero attached hydrogens (tertiary/aromatic N) is 4. The molecule has 2 aromatic carbocycles. The van der Waals surface area contributed by atoms with Gasteiger partial charge in [0.15, 0.2) is 0 Å². The average Bonchev–Trinajstić information content (AvgIpc) is 3.66. The van der Waals surface area contributed by atoms with Gasteiger partial charge in [0.25, 0.3) is 0 Å². The minimum atomic E-state index is -4.59. The number of nitrogens with one attached hydrogen (secondary N) is 2. The van der Waals surface area contributed by atoms with Crippen molar-refractivity contribution in [3.63, 3.8) is 0 Å². The Bertz CT molecular complexity index is 1450. The number of ether oxygens (including phenoxy) is 1. The Kier molecular flexibility index (Phi) is 7.94. The minimum Gasteiger partial charge on any atom is -0.494 e. The summed E-state index contributed by atoms with van der Waals surface area (Å²) in [5, 5.41) is 5.85. The number of hydrogen-bond acceptors (Lipinski definition) is 7. The van der Waals surface area contributed by atoms with Crippen molar-refractivity contribution in [1.82, 2.24) is 14.9 Å². The molecular formula is C31H35F3N6O2. The number of fused-ring (bicyclic) bond motifs is 1. The number of likely N-dealkylation sites (tertiary alicyclic amines) is 1. The Labute approximate surface area is 243 Å². The Hall–Kier alpha value is -3.86. The fourth-order valence-corrected chi connectivity index (χ4v) is 6.40. The van der Waals surface area contributed by atoms with Crippen molar-refractivity contribution in [2.24, 2.45) is 0 Å². The maximum Gasteiger partial charge on any atom is 0.419 e. The number of alkyl halides is 3. The van der Waals surface area contributed by atoms with E-state index in [9.17, 15) is 18.0 Å². The summed E-state index contributed by atoms with van der Waals surface area (Å²) < 4.78 is 47.3. The standard InChI is InChI=1S/C31H35F3N6O2/c1-42-28-17-22(40-15-11-21(12-16-40)39-13-2-3-14-39)8-10-27(28)38-30-35-19-24(31(32,33)34)26(37-30)9-7-20-5-4-6-25-23(20)18-29(41)36-25/h4-6,8,10,17,19,21H,2-3,7,9,11-16,18H2,1H3,(H,36,41)(H,35,37,38). The first-order valence-electron chi connectivity index (χ1n) is 14.6. The van der Waals surface area contributed by atoms with Crippen LogP contribution in [0.4, 0.5) is 36.2 Å². The molecule has 2 saturated heterocycles. The number of carbonyl (C=O) groups excluding carboxylic acids is 1. The maximum atomic E-state index is 13.9. The zero-order valence-electron chi connectivity index (χ0n) is 23.6. The first-order valence-corrected chi connectivity index (χ1v) is 14.6. The van der Waals surface area contributed by atoms with Gasteiger partial charge in [-0.1, -0.05) is 12.1 Å². The molecule has 1 amide bonds. The third kappa shape index (κ3) is 6.01. The summed E-state index contributed by atoms with van der Waals surface area (Å²) in [6, 6.07) is 11.9. The lowest BCUT2D eigenvalue weighted by Crippen LogP contribution is -2.43. The van der Waals surface area contributed by atoms with Gasteiger partial charge in [0.2, 0.25) is 11.9 Å². The SMILES string of the molecule is COc1cc(N2CCC(N3CCCC3)CC2)ccc1Nc1ncc(C(F)(F)F)c(CCc2cccc3c2CC(=O)N3)n1. The van der Waals surface area contributed by atoms with Crippen molar-refractivity contribution in [3.05, 3.63) is 65.0 Å². The molecule has 0 radical (unpaired) electrons. The normalized spacial score (nSPS) is 17.8. The van der Waals surface area contributed by atoms with E-state index in [-0.39, 0.29) is 30.4 Å². The van der Waals surface area contributed by atoms with E-state index in [1.54, 1.807) is 19.2 Å². The zero-order chi connectivity index (χ0) is 29.3. The van der Waals surface area contributed by atoms with E-state index >= 15 is 0 Å². The number of piperidine rings is 1. The predicted octanol–water partition coefficient (Wildman–Crippen LogP) is 5.59. The minimum absolute atomic E-state index is 0.0418. The lowest BCUT2D eigenvalue weighted by Gasteiger charge is -2.38. The number of carbonyl (C=O) groups is 1. The van der Waals surface area contributed by atoms with Crippen LogP contribution in [0.5, 0.6) is 5.75 Å². The van der Waals surface area contributed by atoms with Gasteiger partial charge in [0, 0.05) is 42.8 Å². The number of amides is 1. The second-order valence-corrected chi connectivity index (χ2v) is 11.2. The second kappa shape index (κ2) is 11.8. The molecule has 2 fully saturated rings. The molecule has 222 valence electrons. The molecule has 0 bridgehead atoms. The summed E-state index contributed by atoms with van der Waals surface area (Å²) in [6.45, 7) is 4.35. The van der Waals surface area contributed by atoms with Gasteiger partial charge in [-0.3, -0.25) is 4.79 Å². The van der Waals surface area contributed by atoms with Gasteiger partial charge in [0.1, 0.15) is 5.75 Å². The molecule has 3 aromatic rings. The zero-order valence-corrected chi connectivity index (χ0v) is 23.6. The molecule has 4 heterocycles. The lowest BCUT2D eigenvalue weighted by atomic mass is 9.98. The Balaban J connectivity index is 1.17. The molecule has 8 nitrogen and oxygen atoms in total. The van der Waals surface area contributed by atoms with Crippen LogP contribution in [0.15, 0.2) is 42.6 Å². The third-order valence-corrected chi connectivity index (χ3v) is 8.61. The van der Waals surface area contributed by atoms with Crippen LogP contribution in [0.2, 0.25) is 0 Å². The smallest absolute Gasteiger partial charge is 0.419 e. The molecule has 0 spiro atoms. The number of benzene rings is 2. The van der Waals surface area contributed by atoms with Gasteiger partial charge in [-0.15, -0.1) is 0 Å². The molecule has 2 N–H and O–H groups in total. The summed E-state index contributed by atoms with van der Waals surface area (Å²) in [5.74, 6) is 0.510. The van der Waals surface area contributed by atoms with Crippen molar-refractivity contribution in [2.45, 2.75) is 57.2 Å². The van der Waals surface area contributed by atoms with E-state index in [2.05, 4.69) is 30.4 Å². The highest BCUT2D eigenvalue weighted by Gasteiger charge is 2.35. The molecule has 0 atom stereocenters. The van der Waals surface area contributed by atoms with Crippen LogP contribution in [-0.4, -0.2) is 60.1 Å². The first-order chi connectivity index (χ1) is 20.3. The highest BCUT2D eigenvalue weighted by atomic mass is 19.4. The summed E-state index contributed by atoms with van der Waals surface area (Å²) >= 11 is 0. The van der Waals surface area contributed by atoms with E-state index < -0.39 is 11.7 Å². The molecule has 6 rings (SSSR count). The van der Waals surface area contributed by atoms with E-state index in [0.717, 1.165) is 48.9 Å². The summed E-state index contributed by atoms with van der Waals surface area (Å²) in [6.07, 6.45) is 1.66. The van der Waals surface area contributed by atoms with Crippen molar-refractivity contribution >= 4 is 28.9 Å². The van der Waals surface area contributed by atoms with E-state index in [0.29, 0.717) is 29.6 Å². The van der Waals surface area contributed by atoms with Crippen molar-refractivity contribution < 1.29 is 22.7 Å². The molecule has 3 aliphatic heterocycles. The number of rotatable bonds is 8. The molecule has 0 unspecified atom stereocenters. The number of aryl methyl sites for hydroxylation is 2.